The number of hydrogen-bond acceptors (Lipinski definition) is 3. The summed E-state index contributed by atoms with van der Waals surface area (Å²) in [6.07, 6.45) is 1.94. The summed E-state index contributed by atoms with van der Waals surface area (Å²) in [4.78, 5) is 2.34. The van der Waals surface area contributed by atoms with Crippen LogP contribution in [0.15, 0.2) is 12.7 Å². The maximum Gasteiger partial charge on any atom is 0.0257 e. The molecule has 0 aromatic rings. The predicted octanol–water partition coefficient (Wildman–Crippen LogP) is -0.336. The second-order valence-corrected chi connectivity index (χ2v) is 2.63. The second kappa shape index (κ2) is 3.71. The zero-order valence-electron chi connectivity index (χ0n) is 6.29. The van der Waals surface area contributed by atoms with Crippen molar-refractivity contribution in [2.45, 2.75) is 0 Å². The summed E-state index contributed by atoms with van der Waals surface area (Å²) in [5.74, 6) is 5.57. The van der Waals surface area contributed by atoms with Gasteiger partial charge in [0.15, 0.2) is 0 Å². The Bertz CT molecular complexity index is 105. The van der Waals surface area contributed by atoms with Crippen LogP contribution in [0.5, 0.6) is 0 Å². The van der Waals surface area contributed by atoms with Crippen molar-refractivity contribution < 1.29 is 0 Å². The Hall–Kier alpha value is -0.380. The highest BCUT2D eigenvalue weighted by Crippen LogP contribution is 1.95. The van der Waals surface area contributed by atoms with Gasteiger partial charge >= 0.3 is 0 Å². The molecule has 0 aromatic heterocycles. The molecule has 1 saturated heterocycles. The first-order valence-corrected chi connectivity index (χ1v) is 3.66. The van der Waals surface area contributed by atoms with Gasteiger partial charge in [0.25, 0.3) is 0 Å². The van der Waals surface area contributed by atoms with Crippen LogP contribution in [0.2, 0.25) is 0 Å². The molecule has 0 radical (unpaired) electrons. The number of hydrogen-bond donors (Lipinski definition) is 1. The predicted molar refractivity (Wildman–Crippen MR) is 42.4 cm³/mol. The third-order valence-electron chi connectivity index (χ3n) is 1.79. The number of nitrogens with zero attached hydrogens (tertiary/aromatic N) is 2. The van der Waals surface area contributed by atoms with Gasteiger partial charge in [-0.25, -0.2) is 5.01 Å². The first kappa shape index (κ1) is 7.72. The van der Waals surface area contributed by atoms with Gasteiger partial charge in [-0.15, -0.1) is 6.58 Å². The van der Waals surface area contributed by atoms with Crippen molar-refractivity contribution in [3.63, 3.8) is 0 Å². The first-order chi connectivity index (χ1) is 4.83. The van der Waals surface area contributed by atoms with Crippen LogP contribution in [0.3, 0.4) is 0 Å². The molecule has 1 aliphatic rings. The van der Waals surface area contributed by atoms with Crippen molar-refractivity contribution in [2.24, 2.45) is 5.84 Å². The van der Waals surface area contributed by atoms with Gasteiger partial charge in [0, 0.05) is 32.7 Å². The summed E-state index contributed by atoms with van der Waals surface area (Å²) >= 11 is 0. The minimum atomic E-state index is 0.980. The number of hydrazine groups is 1. The van der Waals surface area contributed by atoms with Crippen molar-refractivity contribution in [3.05, 3.63) is 12.7 Å². The highest BCUT2D eigenvalue weighted by atomic mass is 15.4. The molecule has 0 spiro atoms. The molecule has 0 amide bonds. The molecular formula is C7H15N3. The Morgan fingerprint density at radius 1 is 1.30 bits per heavy atom. The van der Waals surface area contributed by atoms with Crippen molar-refractivity contribution in [3.8, 4) is 0 Å². The van der Waals surface area contributed by atoms with Crippen LogP contribution in [0.1, 0.15) is 0 Å². The van der Waals surface area contributed by atoms with Crippen molar-refractivity contribution >= 4 is 0 Å². The van der Waals surface area contributed by atoms with Gasteiger partial charge in [-0.05, 0) is 0 Å². The summed E-state index contributed by atoms with van der Waals surface area (Å²) in [5, 5.41) is 1.86. The molecule has 1 heterocycles. The average Bonchev–Trinajstić information content (AvgIpc) is 1.95. The molecule has 3 nitrogen and oxygen atoms in total. The molecule has 0 saturated carbocycles. The van der Waals surface area contributed by atoms with Crippen molar-refractivity contribution in [1.29, 1.82) is 0 Å². The van der Waals surface area contributed by atoms with Gasteiger partial charge in [-0.2, -0.15) is 0 Å². The second-order valence-electron chi connectivity index (χ2n) is 2.63. The van der Waals surface area contributed by atoms with E-state index < -0.39 is 0 Å². The molecular weight excluding hydrogens is 126 g/mol. The fourth-order valence-corrected chi connectivity index (χ4v) is 1.13. The number of nitrogens with two attached hydrogens (primary N) is 1. The van der Waals surface area contributed by atoms with Crippen LogP contribution in [0, 0.1) is 0 Å². The van der Waals surface area contributed by atoms with E-state index in [0.717, 1.165) is 32.7 Å². The largest absolute Gasteiger partial charge is 0.297 e. The van der Waals surface area contributed by atoms with Crippen LogP contribution in [-0.4, -0.2) is 42.6 Å². The molecule has 0 aromatic carbocycles. The lowest BCUT2D eigenvalue weighted by Crippen LogP contribution is -2.49. The van der Waals surface area contributed by atoms with Crippen LogP contribution in [0.4, 0.5) is 0 Å². The highest BCUT2D eigenvalue weighted by molar-refractivity contribution is 4.76. The summed E-state index contributed by atoms with van der Waals surface area (Å²) in [6.45, 7) is 8.79. The third kappa shape index (κ3) is 2.10. The fraction of sp³-hybridized carbons (Fsp3) is 0.714. The van der Waals surface area contributed by atoms with Gasteiger partial charge in [0.2, 0.25) is 0 Å². The van der Waals surface area contributed by atoms with Gasteiger partial charge in [0.05, 0.1) is 0 Å². The van der Waals surface area contributed by atoms with Crippen molar-refractivity contribution in [2.75, 3.05) is 32.7 Å². The minimum Gasteiger partial charge on any atom is -0.297 e. The number of piperazine rings is 1. The molecule has 1 rings (SSSR count). The molecule has 10 heavy (non-hydrogen) atoms. The zero-order chi connectivity index (χ0) is 7.40. The van der Waals surface area contributed by atoms with Gasteiger partial charge in [-0.1, -0.05) is 6.08 Å². The topological polar surface area (TPSA) is 32.5 Å². The van der Waals surface area contributed by atoms with Crippen LogP contribution >= 0.6 is 0 Å². The molecule has 1 fully saturated rings. The maximum absolute atomic E-state index is 5.57. The van der Waals surface area contributed by atoms with E-state index in [0.29, 0.717) is 0 Å². The quantitative estimate of drug-likeness (QED) is 0.422. The Morgan fingerprint density at radius 2 is 1.90 bits per heavy atom. The van der Waals surface area contributed by atoms with E-state index in [1.54, 1.807) is 0 Å². The standard InChI is InChI=1S/C7H15N3/c1-2-3-9-4-6-10(8)7-5-9/h2H,1,3-8H2. The molecule has 0 atom stereocenters. The maximum atomic E-state index is 5.57. The normalized spacial score (nSPS) is 22.9. The molecule has 0 unspecified atom stereocenters. The van der Waals surface area contributed by atoms with Gasteiger partial charge in [-0.3, -0.25) is 10.7 Å². The Kier molecular flexibility index (Phi) is 2.86. The molecule has 0 bridgehead atoms. The summed E-state index contributed by atoms with van der Waals surface area (Å²) < 4.78 is 0. The Balaban J connectivity index is 2.19. The van der Waals surface area contributed by atoms with Gasteiger partial charge < -0.3 is 0 Å². The smallest absolute Gasteiger partial charge is 0.0257 e. The van der Waals surface area contributed by atoms with Crippen molar-refractivity contribution in [1.82, 2.24) is 9.91 Å². The highest BCUT2D eigenvalue weighted by Gasteiger charge is 2.11. The zero-order valence-corrected chi connectivity index (χ0v) is 6.29. The van der Waals surface area contributed by atoms with E-state index in [1.807, 2.05) is 11.1 Å². The first-order valence-electron chi connectivity index (χ1n) is 3.66. The van der Waals surface area contributed by atoms with E-state index in [4.69, 9.17) is 5.84 Å². The lowest BCUT2D eigenvalue weighted by molar-refractivity contribution is 0.144. The molecule has 58 valence electrons. The summed E-state index contributed by atoms with van der Waals surface area (Å²) in [5.41, 5.74) is 0. The lowest BCUT2D eigenvalue weighted by Gasteiger charge is -2.30. The van der Waals surface area contributed by atoms with E-state index in [2.05, 4.69) is 11.5 Å². The SMILES string of the molecule is C=CCN1CCN(N)CC1. The summed E-state index contributed by atoms with van der Waals surface area (Å²) in [7, 11) is 0. The van der Waals surface area contributed by atoms with E-state index in [-0.39, 0.29) is 0 Å². The lowest BCUT2D eigenvalue weighted by atomic mass is 10.3. The van der Waals surface area contributed by atoms with E-state index >= 15 is 0 Å². The fourth-order valence-electron chi connectivity index (χ4n) is 1.13. The summed E-state index contributed by atoms with van der Waals surface area (Å²) in [6, 6.07) is 0. The van der Waals surface area contributed by atoms with Gasteiger partial charge in [0.1, 0.15) is 0 Å². The third-order valence-corrected chi connectivity index (χ3v) is 1.79. The van der Waals surface area contributed by atoms with E-state index in [1.165, 1.54) is 0 Å². The number of rotatable bonds is 2. The monoisotopic (exact) mass is 141 g/mol. The van der Waals surface area contributed by atoms with Crippen LogP contribution < -0.4 is 5.84 Å². The minimum absolute atomic E-state index is 0.980. The molecule has 0 aliphatic carbocycles. The van der Waals surface area contributed by atoms with E-state index in [9.17, 15) is 0 Å². The van der Waals surface area contributed by atoms with Crippen LogP contribution in [0.25, 0.3) is 0 Å². The Labute approximate surface area is 62.1 Å². The molecule has 2 N–H and O–H groups in total. The Morgan fingerprint density at radius 3 is 2.40 bits per heavy atom. The molecule has 1 aliphatic heterocycles. The van der Waals surface area contributed by atoms with Crippen LogP contribution in [-0.2, 0) is 0 Å². The molecule has 3 heteroatoms. The average molecular weight is 141 g/mol.